The molecule has 0 bridgehead atoms. The van der Waals surface area contributed by atoms with Crippen LogP contribution in [0.15, 0.2) is 41.7 Å². The van der Waals surface area contributed by atoms with Crippen molar-refractivity contribution < 1.29 is 0 Å². The number of nitrogens with zero attached hydrogens (tertiary/aromatic N) is 6. The average Bonchev–Trinajstić information content (AvgIpc) is 3.28. The molecule has 2 aromatic rings. The summed E-state index contributed by atoms with van der Waals surface area (Å²) in [7, 11) is 0. The first-order chi connectivity index (χ1) is 15.8. The number of aliphatic imine (C=N–C) groups is 1. The number of nitrogens with one attached hydrogen (secondary N) is 2. The second-order valence-corrected chi connectivity index (χ2v) is 8.29. The summed E-state index contributed by atoms with van der Waals surface area (Å²) < 4.78 is 2.09. The first-order valence-corrected chi connectivity index (χ1v) is 12.2. The van der Waals surface area contributed by atoms with Gasteiger partial charge in [0.1, 0.15) is 12.2 Å². The second kappa shape index (κ2) is 13.9. The van der Waals surface area contributed by atoms with E-state index in [0.717, 1.165) is 70.4 Å². The Kier molecular flexibility index (Phi) is 10.5. The molecule has 32 heavy (non-hydrogen) atoms. The van der Waals surface area contributed by atoms with E-state index >= 15 is 0 Å². The van der Waals surface area contributed by atoms with Crippen molar-refractivity contribution in [1.82, 2.24) is 35.2 Å². The normalized spacial score (nSPS) is 15.8. The van der Waals surface area contributed by atoms with Crippen molar-refractivity contribution in [3.63, 3.8) is 0 Å². The lowest BCUT2D eigenvalue weighted by Crippen LogP contribution is -2.46. The topological polar surface area (TPSA) is 73.6 Å². The van der Waals surface area contributed by atoms with Gasteiger partial charge in [-0.25, -0.2) is 0 Å². The van der Waals surface area contributed by atoms with Crippen molar-refractivity contribution in [3.05, 3.63) is 48.0 Å². The summed E-state index contributed by atoms with van der Waals surface area (Å²) >= 11 is 0. The van der Waals surface area contributed by atoms with Crippen molar-refractivity contribution in [2.75, 3.05) is 52.4 Å². The van der Waals surface area contributed by atoms with Gasteiger partial charge < -0.3 is 20.1 Å². The van der Waals surface area contributed by atoms with Crippen LogP contribution in [-0.2, 0) is 19.5 Å². The van der Waals surface area contributed by atoms with Crippen molar-refractivity contribution >= 4 is 5.96 Å². The standard InChI is InChI=1S/C24H40N8/c1-3-23-29-28-21-32(23)15-13-27-24(25-4-2)26-12-8-9-14-30-16-18-31(19-17-30)20-22-10-6-5-7-11-22/h5-7,10-11,21H,3-4,8-9,12-20H2,1-2H3,(H2,25,26,27). The first kappa shape index (κ1) is 24.2. The molecule has 0 saturated carbocycles. The molecule has 8 heteroatoms. The molecule has 1 aromatic heterocycles. The molecule has 0 atom stereocenters. The van der Waals surface area contributed by atoms with Gasteiger partial charge >= 0.3 is 0 Å². The quantitative estimate of drug-likeness (QED) is 0.299. The van der Waals surface area contributed by atoms with Crippen LogP contribution in [0.25, 0.3) is 0 Å². The highest BCUT2D eigenvalue weighted by Crippen LogP contribution is 2.09. The van der Waals surface area contributed by atoms with Crippen LogP contribution in [0.2, 0.25) is 0 Å². The zero-order valence-corrected chi connectivity index (χ0v) is 19.8. The average molecular weight is 441 g/mol. The molecule has 1 aliphatic rings. The predicted octanol–water partition coefficient (Wildman–Crippen LogP) is 1.99. The molecule has 8 nitrogen and oxygen atoms in total. The molecule has 1 aromatic carbocycles. The third-order valence-corrected chi connectivity index (χ3v) is 5.87. The van der Waals surface area contributed by atoms with E-state index in [-0.39, 0.29) is 0 Å². The van der Waals surface area contributed by atoms with E-state index in [1.807, 2.05) is 0 Å². The number of piperazine rings is 1. The molecule has 0 aliphatic carbocycles. The van der Waals surface area contributed by atoms with Gasteiger partial charge in [-0.05, 0) is 31.9 Å². The van der Waals surface area contributed by atoms with Crippen molar-refractivity contribution in [2.45, 2.75) is 46.2 Å². The summed E-state index contributed by atoms with van der Waals surface area (Å²) in [6.07, 6.45) is 5.01. The maximum absolute atomic E-state index is 4.74. The molecular weight excluding hydrogens is 400 g/mol. The molecule has 0 amide bonds. The Balaban J connectivity index is 1.28. The molecule has 3 rings (SSSR count). The fraction of sp³-hybridized carbons (Fsp3) is 0.625. The van der Waals surface area contributed by atoms with Crippen LogP contribution in [0.1, 0.15) is 38.1 Å². The number of rotatable bonds is 12. The highest BCUT2D eigenvalue weighted by molar-refractivity contribution is 5.79. The summed E-state index contributed by atoms with van der Waals surface area (Å²) in [5.74, 6) is 1.92. The molecule has 2 heterocycles. The molecule has 1 fully saturated rings. The third-order valence-electron chi connectivity index (χ3n) is 5.87. The molecule has 1 saturated heterocycles. The number of aryl methyl sites for hydroxylation is 1. The number of guanidine groups is 1. The summed E-state index contributed by atoms with van der Waals surface area (Å²) in [5.41, 5.74) is 1.41. The molecular formula is C24H40N8. The van der Waals surface area contributed by atoms with Crippen molar-refractivity contribution in [2.24, 2.45) is 4.99 Å². The van der Waals surface area contributed by atoms with Gasteiger partial charge in [0, 0.05) is 65.3 Å². The maximum atomic E-state index is 4.74. The van der Waals surface area contributed by atoms with E-state index in [9.17, 15) is 0 Å². The zero-order chi connectivity index (χ0) is 22.4. The third kappa shape index (κ3) is 8.24. The number of hydrogen-bond acceptors (Lipinski definition) is 5. The van der Waals surface area contributed by atoms with Crippen molar-refractivity contribution in [1.29, 1.82) is 0 Å². The largest absolute Gasteiger partial charge is 0.357 e. The van der Waals surface area contributed by atoms with Gasteiger partial charge in [0.05, 0.1) is 0 Å². The molecule has 2 N–H and O–H groups in total. The number of benzene rings is 1. The van der Waals surface area contributed by atoms with E-state index < -0.39 is 0 Å². The van der Waals surface area contributed by atoms with Gasteiger partial charge in [0.15, 0.2) is 5.96 Å². The van der Waals surface area contributed by atoms with Crippen LogP contribution >= 0.6 is 0 Å². The van der Waals surface area contributed by atoms with Crippen molar-refractivity contribution in [3.8, 4) is 0 Å². The monoisotopic (exact) mass is 440 g/mol. The fourth-order valence-corrected chi connectivity index (χ4v) is 4.03. The van der Waals surface area contributed by atoms with Crippen LogP contribution in [0.4, 0.5) is 0 Å². The van der Waals surface area contributed by atoms with Crippen LogP contribution in [-0.4, -0.2) is 82.9 Å². The van der Waals surface area contributed by atoms with E-state index in [0.29, 0.717) is 0 Å². The van der Waals surface area contributed by atoms with E-state index in [2.05, 4.69) is 79.4 Å². The van der Waals surface area contributed by atoms with E-state index in [4.69, 9.17) is 4.99 Å². The van der Waals surface area contributed by atoms with Gasteiger partial charge in [-0.2, -0.15) is 0 Å². The zero-order valence-electron chi connectivity index (χ0n) is 19.8. The molecule has 176 valence electrons. The Morgan fingerprint density at radius 3 is 2.50 bits per heavy atom. The summed E-state index contributed by atoms with van der Waals surface area (Å²) in [6, 6.07) is 10.8. The van der Waals surface area contributed by atoms with E-state index in [1.165, 1.54) is 31.6 Å². The summed E-state index contributed by atoms with van der Waals surface area (Å²) in [4.78, 5) is 9.90. The SMILES string of the molecule is CCNC(=NCCCCN1CCN(Cc2ccccc2)CC1)NCCn1cnnc1CC. The van der Waals surface area contributed by atoms with Gasteiger partial charge in [-0.1, -0.05) is 37.3 Å². The summed E-state index contributed by atoms with van der Waals surface area (Å²) in [6.45, 7) is 14.5. The predicted molar refractivity (Wildman–Crippen MR) is 131 cm³/mol. The first-order valence-electron chi connectivity index (χ1n) is 12.2. The number of aromatic nitrogens is 3. The highest BCUT2D eigenvalue weighted by atomic mass is 15.3. The van der Waals surface area contributed by atoms with Crippen LogP contribution in [0.5, 0.6) is 0 Å². The van der Waals surface area contributed by atoms with Crippen LogP contribution in [0.3, 0.4) is 0 Å². The minimum atomic E-state index is 0.810. The summed E-state index contributed by atoms with van der Waals surface area (Å²) in [5, 5.41) is 14.9. The second-order valence-electron chi connectivity index (χ2n) is 8.29. The Labute approximate surface area is 193 Å². The van der Waals surface area contributed by atoms with E-state index in [1.54, 1.807) is 6.33 Å². The minimum absolute atomic E-state index is 0.810. The van der Waals surface area contributed by atoms with Gasteiger partial charge in [0.2, 0.25) is 0 Å². The lowest BCUT2D eigenvalue weighted by atomic mass is 10.2. The molecule has 0 spiro atoms. The Morgan fingerprint density at radius 2 is 1.75 bits per heavy atom. The number of unbranched alkanes of at least 4 members (excludes halogenated alkanes) is 1. The molecule has 1 aliphatic heterocycles. The lowest BCUT2D eigenvalue weighted by molar-refractivity contribution is 0.126. The van der Waals surface area contributed by atoms with Gasteiger partial charge in [0.25, 0.3) is 0 Å². The van der Waals surface area contributed by atoms with Crippen LogP contribution < -0.4 is 10.6 Å². The fourth-order valence-electron chi connectivity index (χ4n) is 4.03. The Hall–Kier alpha value is -2.45. The molecule has 0 radical (unpaired) electrons. The Morgan fingerprint density at radius 1 is 0.969 bits per heavy atom. The number of hydrogen-bond donors (Lipinski definition) is 2. The smallest absolute Gasteiger partial charge is 0.191 e. The maximum Gasteiger partial charge on any atom is 0.191 e. The van der Waals surface area contributed by atoms with Crippen LogP contribution in [0, 0.1) is 0 Å². The molecule has 0 unspecified atom stereocenters. The minimum Gasteiger partial charge on any atom is -0.357 e. The van der Waals surface area contributed by atoms with Gasteiger partial charge in [-0.15, -0.1) is 10.2 Å². The highest BCUT2D eigenvalue weighted by Gasteiger charge is 2.16. The lowest BCUT2D eigenvalue weighted by Gasteiger charge is -2.34. The van der Waals surface area contributed by atoms with Gasteiger partial charge in [-0.3, -0.25) is 9.89 Å². The Bertz CT molecular complexity index is 780.